The molecule has 4 heteroatoms. The van der Waals surface area contributed by atoms with Crippen molar-refractivity contribution >= 4 is 11.9 Å². The number of carboxylic acids is 2. The molecule has 1 atom stereocenters. The number of carbonyl (C=O) groups is 2. The van der Waals surface area contributed by atoms with E-state index >= 15 is 0 Å². The molecule has 0 saturated carbocycles. The fourth-order valence-electron chi connectivity index (χ4n) is 2.68. The Morgan fingerprint density at radius 2 is 1.94 bits per heavy atom. The Morgan fingerprint density at radius 3 is 2.39 bits per heavy atom. The zero-order chi connectivity index (χ0) is 13.8. The summed E-state index contributed by atoms with van der Waals surface area (Å²) in [7, 11) is 0. The number of hydrogen-bond donors (Lipinski definition) is 2. The van der Waals surface area contributed by atoms with Gasteiger partial charge in [-0.05, 0) is 32.1 Å². The SMILES string of the molecule is C=CCC1=C(C(=O)O)C(CC=C)(C(=O)O)CCC1. The van der Waals surface area contributed by atoms with E-state index in [4.69, 9.17) is 0 Å². The van der Waals surface area contributed by atoms with E-state index in [0.29, 0.717) is 31.3 Å². The molecule has 0 aromatic carbocycles. The van der Waals surface area contributed by atoms with Gasteiger partial charge >= 0.3 is 11.9 Å². The van der Waals surface area contributed by atoms with Crippen molar-refractivity contribution in [3.63, 3.8) is 0 Å². The molecule has 0 spiro atoms. The summed E-state index contributed by atoms with van der Waals surface area (Å²) in [4.78, 5) is 23.0. The van der Waals surface area contributed by atoms with Gasteiger partial charge in [0.1, 0.15) is 5.41 Å². The molecule has 4 nitrogen and oxygen atoms in total. The van der Waals surface area contributed by atoms with Crippen molar-refractivity contribution in [1.82, 2.24) is 0 Å². The highest BCUT2D eigenvalue weighted by Gasteiger charge is 2.47. The van der Waals surface area contributed by atoms with E-state index in [0.717, 1.165) is 0 Å². The first-order chi connectivity index (χ1) is 8.49. The number of hydrogen-bond acceptors (Lipinski definition) is 2. The van der Waals surface area contributed by atoms with Crippen LogP contribution in [0.25, 0.3) is 0 Å². The predicted molar refractivity (Wildman–Crippen MR) is 68.2 cm³/mol. The lowest BCUT2D eigenvalue weighted by Gasteiger charge is -2.34. The van der Waals surface area contributed by atoms with E-state index in [1.807, 2.05) is 0 Å². The van der Waals surface area contributed by atoms with Gasteiger partial charge in [0.2, 0.25) is 0 Å². The summed E-state index contributed by atoms with van der Waals surface area (Å²) >= 11 is 0. The van der Waals surface area contributed by atoms with Crippen LogP contribution in [0.2, 0.25) is 0 Å². The molecule has 0 aromatic rings. The first kappa shape index (κ1) is 14.2. The average molecular weight is 250 g/mol. The highest BCUT2D eigenvalue weighted by Crippen LogP contribution is 2.45. The third kappa shape index (κ3) is 2.37. The molecular formula is C14H18O4. The van der Waals surface area contributed by atoms with Crippen LogP contribution in [0.3, 0.4) is 0 Å². The lowest BCUT2D eigenvalue weighted by atomic mass is 9.67. The van der Waals surface area contributed by atoms with Gasteiger partial charge in [0.15, 0.2) is 0 Å². The van der Waals surface area contributed by atoms with Crippen LogP contribution in [0, 0.1) is 5.41 Å². The van der Waals surface area contributed by atoms with E-state index in [1.165, 1.54) is 6.08 Å². The zero-order valence-corrected chi connectivity index (χ0v) is 10.3. The van der Waals surface area contributed by atoms with Crippen LogP contribution >= 0.6 is 0 Å². The molecule has 0 radical (unpaired) electrons. The van der Waals surface area contributed by atoms with Crippen molar-refractivity contribution in [2.45, 2.75) is 32.1 Å². The molecule has 1 aliphatic carbocycles. The number of carboxylic acid groups (broad SMARTS) is 2. The van der Waals surface area contributed by atoms with Crippen molar-refractivity contribution in [2.24, 2.45) is 5.41 Å². The second-order valence-electron chi connectivity index (χ2n) is 4.51. The Bertz CT molecular complexity index is 420. The van der Waals surface area contributed by atoms with Crippen molar-refractivity contribution in [3.8, 4) is 0 Å². The molecule has 0 aliphatic heterocycles. The van der Waals surface area contributed by atoms with Gasteiger partial charge < -0.3 is 10.2 Å². The van der Waals surface area contributed by atoms with Gasteiger partial charge in [-0.2, -0.15) is 0 Å². The summed E-state index contributed by atoms with van der Waals surface area (Å²) in [5, 5.41) is 18.8. The molecule has 0 heterocycles. The van der Waals surface area contributed by atoms with Gasteiger partial charge in [-0.3, -0.25) is 4.79 Å². The fourth-order valence-corrected chi connectivity index (χ4v) is 2.68. The standard InChI is InChI=1S/C14H18O4/c1-3-6-10-7-5-9-14(8-4-2,13(17)18)11(10)12(15)16/h3-4H,1-2,5-9H2,(H,15,16)(H,17,18). The molecular weight excluding hydrogens is 232 g/mol. The summed E-state index contributed by atoms with van der Waals surface area (Å²) in [6.07, 6.45) is 5.31. The Balaban J connectivity index is 3.42. The summed E-state index contributed by atoms with van der Waals surface area (Å²) in [6.45, 7) is 7.14. The van der Waals surface area contributed by atoms with Crippen LogP contribution in [-0.2, 0) is 9.59 Å². The van der Waals surface area contributed by atoms with E-state index in [2.05, 4.69) is 13.2 Å². The maximum Gasteiger partial charge on any atom is 0.332 e. The van der Waals surface area contributed by atoms with Crippen molar-refractivity contribution in [2.75, 3.05) is 0 Å². The monoisotopic (exact) mass is 250 g/mol. The van der Waals surface area contributed by atoms with Gasteiger partial charge in [0.25, 0.3) is 0 Å². The van der Waals surface area contributed by atoms with Gasteiger partial charge in [0, 0.05) is 0 Å². The second-order valence-corrected chi connectivity index (χ2v) is 4.51. The molecule has 0 bridgehead atoms. The number of aliphatic carboxylic acids is 2. The maximum absolute atomic E-state index is 11.6. The normalized spacial score (nSPS) is 23.6. The molecule has 0 saturated heterocycles. The number of rotatable bonds is 6. The largest absolute Gasteiger partial charge is 0.481 e. The fraction of sp³-hybridized carbons (Fsp3) is 0.429. The van der Waals surface area contributed by atoms with Crippen LogP contribution in [0.1, 0.15) is 32.1 Å². The maximum atomic E-state index is 11.6. The van der Waals surface area contributed by atoms with E-state index in [9.17, 15) is 19.8 Å². The molecule has 18 heavy (non-hydrogen) atoms. The van der Waals surface area contributed by atoms with Gasteiger partial charge in [-0.15, -0.1) is 13.2 Å². The topological polar surface area (TPSA) is 74.6 Å². The molecule has 0 aromatic heterocycles. The summed E-state index contributed by atoms with van der Waals surface area (Å²) < 4.78 is 0. The highest BCUT2D eigenvalue weighted by molar-refractivity contribution is 5.97. The van der Waals surface area contributed by atoms with E-state index in [1.54, 1.807) is 6.08 Å². The van der Waals surface area contributed by atoms with Gasteiger partial charge in [-0.25, -0.2) is 4.79 Å². The minimum absolute atomic E-state index is 0.0288. The summed E-state index contributed by atoms with van der Waals surface area (Å²) in [6, 6.07) is 0. The van der Waals surface area contributed by atoms with E-state index in [-0.39, 0.29) is 12.0 Å². The molecule has 98 valence electrons. The smallest absolute Gasteiger partial charge is 0.332 e. The van der Waals surface area contributed by atoms with Crippen LogP contribution in [0.4, 0.5) is 0 Å². The predicted octanol–water partition coefficient (Wildman–Crippen LogP) is 2.77. The Morgan fingerprint density at radius 1 is 1.28 bits per heavy atom. The molecule has 1 aliphatic rings. The summed E-state index contributed by atoms with van der Waals surface area (Å²) in [5.74, 6) is -2.23. The molecule has 1 unspecified atom stereocenters. The lowest BCUT2D eigenvalue weighted by Crippen LogP contribution is -2.39. The second kappa shape index (κ2) is 5.67. The molecule has 2 N–H and O–H groups in total. The minimum Gasteiger partial charge on any atom is -0.481 e. The third-order valence-corrected chi connectivity index (χ3v) is 3.42. The van der Waals surface area contributed by atoms with Gasteiger partial charge in [-0.1, -0.05) is 17.7 Å². The molecule has 0 fully saturated rings. The van der Waals surface area contributed by atoms with Crippen molar-refractivity contribution in [1.29, 1.82) is 0 Å². The molecule has 1 rings (SSSR count). The van der Waals surface area contributed by atoms with Crippen molar-refractivity contribution < 1.29 is 19.8 Å². The van der Waals surface area contributed by atoms with Crippen LogP contribution in [0.15, 0.2) is 36.5 Å². The quantitative estimate of drug-likeness (QED) is 0.711. The highest BCUT2D eigenvalue weighted by atomic mass is 16.4. The molecule has 0 amide bonds. The number of allylic oxidation sites excluding steroid dienone is 3. The lowest BCUT2D eigenvalue weighted by molar-refractivity contribution is -0.151. The summed E-state index contributed by atoms with van der Waals surface area (Å²) in [5.41, 5.74) is -0.626. The Kier molecular flexibility index (Phi) is 4.48. The van der Waals surface area contributed by atoms with E-state index < -0.39 is 17.4 Å². The van der Waals surface area contributed by atoms with Crippen LogP contribution in [0.5, 0.6) is 0 Å². The Hall–Kier alpha value is -1.84. The van der Waals surface area contributed by atoms with Gasteiger partial charge in [0.05, 0.1) is 5.57 Å². The first-order valence-electron chi connectivity index (χ1n) is 5.90. The zero-order valence-electron chi connectivity index (χ0n) is 10.3. The minimum atomic E-state index is -1.33. The van der Waals surface area contributed by atoms with Crippen molar-refractivity contribution in [3.05, 3.63) is 36.5 Å². The third-order valence-electron chi connectivity index (χ3n) is 3.42. The van der Waals surface area contributed by atoms with Crippen LogP contribution < -0.4 is 0 Å². The van der Waals surface area contributed by atoms with Crippen LogP contribution in [-0.4, -0.2) is 22.2 Å². The average Bonchev–Trinajstić information content (AvgIpc) is 2.29. The Labute approximate surface area is 106 Å². The first-order valence-corrected chi connectivity index (χ1v) is 5.90.